The van der Waals surface area contributed by atoms with Crippen LogP contribution in [0.1, 0.15) is 0 Å². The molecule has 0 unspecified atom stereocenters. The van der Waals surface area contributed by atoms with Crippen molar-refractivity contribution in [1.82, 2.24) is 4.90 Å². The first-order chi connectivity index (χ1) is 7.87. The lowest BCUT2D eigenvalue weighted by molar-refractivity contribution is -0.498. The zero-order valence-electron chi connectivity index (χ0n) is 7.86. The first kappa shape index (κ1) is 18.0. The molecule has 0 aromatic carbocycles. The van der Waals surface area contributed by atoms with E-state index in [9.17, 15) is 57.1 Å². The van der Waals surface area contributed by atoms with E-state index >= 15 is 0 Å². The fourth-order valence-corrected chi connectivity index (χ4v) is 0.907. The van der Waals surface area contributed by atoms with Crippen molar-refractivity contribution in [3.05, 3.63) is 0 Å². The highest BCUT2D eigenvalue weighted by atomic mass is 19.4. The van der Waals surface area contributed by atoms with Crippen LogP contribution in [0.4, 0.5) is 57.1 Å². The molecule has 0 saturated heterocycles. The third-order valence-electron chi connectivity index (χ3n) is 1.57. The van der Waals surface area contributed by atoms with Crippen LogP contribution in [0, 0.1) is 0 Å². The maximum absolute atomic E-state index is 12.7. The molecule has 0 spiro atoms. The molecule has 0 aliphatic rings. The highest BCUT2D eigenvalue weighted by Gasteiger charge is 2.84. The van der Waals surface area contributed by atoms with Gasteiger partial charge in [0.2, 0.25) is 0 Å². The van der Waals surface area contributed by atoms with Gasteiger partial charge < -0.3 is 0 Å². The van der Waals surface area contributed by atoms with Gasteiger partial charge in [-0.1, -0.05) is 4.90 Å². The normalized spacial score (nSPS) is 16.1. The molecular weight excluding hydrogens is 321 g/mol. The number of nitrogens with zero attached hydrogens (tertiary/aromatic N) is 1. The van der Waals surface area contributed by atoms with Crippen LogP contribution in [0.2, 0.25) is 0 Å². The second kappa shape index (κ2) is 4.28. The third-order valence-corrected chi connectivity index (χ3v) is 1.57. The Kier molecular flexibility index (Phi) is 4.06. The number of hydrogen-bond donors (Lipinski definition) is 0. The molecule has 0 aromatic heterocycles. The molecule has 0 aromatic rings. The van der Waals surface area contributed by atoms with E-state index in [1.54, 1.807) is 0 Å². The van der Waals surface area contributed by atoms with Gasteiger partial charge in [-0.3, -0.25) is 0 Å². The molecule has 0 rings (SSSR count). The molecule has 116 valence electrons. The average molecular weight is 321 g/mol. The summed E-state index contributed by atoms with van der Waals surface area (Å²) in [6.45, 7) is 0. The van der Waals surface area contributed by atoms with Crippen LogP contribution in [0.25, 0.3) is 0 Å². The molecule has 1 nitrogen and oxygen atoms in total. The Morgan fingerprint density at radius 1 is 0.421 bits per heavy atom. The lowest BCUT2D eigenvalue weighted by atomic mass is 10.2. The smallest absolute Gasteiger partial charge is 0.205 e. The SMILES string of the molecule is FC(F)(F)N(C(F)(F)F)C(F)(C(F)(F)F)C(F)(F)F. The molecule has 0 radical (unpaired) electrons. The van der Waals surface area contributed by atoms with E-state index in [1.165, 1.54) is 0 Å². The summed E-state index contributed by atoms with van der Waals surface area (Å²) < 4.78 is 154. The second-order valence-corrected chi connectivity index (χ2v) is 2.89. The summed E-state index contributed by atoms with van der Waals surface area (Å²) in [5.74, 6) is -7.66. The first-order valence-corrected chi connectivity index (χ1v) is 3.63. The predicted octanol–water partition coefficient (Wildman–Crippen LogP) is 4.12. The molecule has 0 bridgehead atoms. The summed E-state index contributed by atoms with van der Waals surface area (Å²) in [7, 11) is 0. The molecule has 0 atom stereocenters. The van der Waals surface area contributed by atoms with E-state index in [0.717, 1.165) is 0 Å². The largest absolute Gasteiger partial charge is 0.470 e. The highest BCUT2D eigenvalue weighted by Crippen LogP contribution is 2.55. The van der Waals surface area contributed by atoms with Crippen LogP contribution in [0.5, 0.6) is 0 Å². The fourth-order valence-electron chi connectivity index (χ4n) is 0.907. The summed E-state index contributed by atoms with van der Waals surface area (Å²) in [5, 5.41) is 0. The summed E-state index contributed by atoms with van der Waals surface area (Å²) in [4.78, 5) is -4.19. The summed E-state index contributed by atoms with van der Waals surface area (Å²) in [6, 6.07) is 0. The van der Waals surface area contributed by atoms with Crippen LogP contribution in [0.15, 0.2) is 0 Å². The number of halogens is 13. The van der Waals surface area contributed by atoms with Gasteiger partial charge in [-0.25, -0.2) is 4.39 Å². The quantitative estimate of drug-likeness (QED) is 0.519. The van der Waals surface area contributed by atoms with Gasteiger partial charge in [0.05, 0.1) is 0 Å². The highest BCUT2D eigenvalue weighted by molar-refractivity contribution is 4.96. The minimum absolute atomic E-state index is 4.19. The van der Waals surface area contributed by atoms with E-state index in [1.807, 2.05) is 0 Å². The van der Waals surface area contributed by atoms with Crippen molar-refractivity contribution in [2.75, 3.05) is 0 Å². The standard InChI is InChI=1S/C5F13N/c6-1(2(7,8)9,3(10,11)12)19(4(13,14)15)5(16,17)18. The van der Waals surface area contributed by atoms with Crippen molar-refractivity contribution >= 4 is 0 Å². The molecule has 0 heterocycles. The Hall–Kier alpha value is -0.950. The maximum atomic E-state index is 12.7. The molecule has 14 heteroatoms. The van der Waals surface area contributed by atoms with Crippen LogP contribution in [-0.4, -0.2) is 35.6 Å². The number of hydrogen-bond acceptors (Lipinski definition) is 1. The van der Waals surface area contributed by atoms with E-state index in [4.69, 9.17) is 0 Å². The topological polar surface area (TPSA) is 3.24 Å². The zero-order chi connectivity index (χ0) is 16.1. The number of alkyl halides is 13. The lowest BCUT2D eigenvalue weighted by Gasteiger charge is -2.40. The van der Waals surface area contributed by atoms with Crippen molar-refractivity contribution in [2.45, 2.75) is 30.7 Å². The molecule has 0 aliphatic carbocycles. The lowest BCUT2D eigenvalue weighted by Crippen LogP contribution is -2.71. The molecule has 19 heavy (non-hydrogen) atoms. The van der Waals surface area contributed by atoms with Gasteiger partial charge in [0.25, 0.3) is 0 Å². The molecule has 0 fully saturated rings. The Balaban J connectivity index is 6.28. The van der Waals surface area contributed by atoms with E-state index in [2.05, 4.69) is 0 Å². The Morgan fingerprint density at radius 3 is 0.684 bits per heavy atom. The van der Waals surface area contributed by atoms with Gasteiger partial charge in [0.15, 0.2) is 0 Å². The molecule has 0 N–H and O–H groups in total. The van der Waals surface area contributed by atoms with Crippen LogP contribution in [0.3, 0.4) is 0 Å². The number of rotatable bonds is 1. The van der Waals surface area contributed by atoms with Crippen LogP contribution < -0.4 is 0 Å². The van der Waals surface area contributed by atoms with Crippen molar-refractivity contribution in [3.63, 3.8) is 0 Å². The Labute approximate surface area is 94.1 Å². The summed E-state index contributed by atoms with van der Waals surface area (Å²) in [5.41, 5.74) is 0. The van der Waals surface area contributed by atoms with Gasteiger partial charge in [-0.2, -0.15) is 52.7 Å². The van der Waals surface area contributed by atoms with Crippen molar-refractivity contribution < 1.29 is 57.1 Å². The van der Waals surface area contributed by atoms with Gasteiger partial charge in [0.1, 0.15) is 0 Å². The van der Waals surface area contributed by atoms with Crippen molar-refractivity contribution in [3.8, 4) is 0 Å². The molecular formula is C5F13N. The maximum Gasteiger partial charge on any atom is 0.470 e. The van der Waals surface area contributed by atoms with Gasteiger partial charge in [0, 0.05) is 0 Å². The first-order valence-electron chi connectivity index (χ1n) is 3.63. The summed E-state index contributed by atoms with van der Waals surface area (Å²) in [6.07, 6.45) is -29.7. The fraction of sp³-hybridized carbons (Fsp3) is 1.00. The molecule has 0 saturated carbocycles. The van der Waals surface area contributed by atoms with E-state index < -0.39 is 35.6 Å². The predicted molar refractivity (Wildman–Crippen MR) is 29.9 cm³/mol. The Morgan fingerprint density at radius 2 is 0.632 bits per heavy atom. The average Bonchev–Trinajstić information content (AvgIpc) is 1.92. The van der Waals surface area contributed by atoms with Gasteiger partial charge >= 0.3 is 30.7 Å². The van der Waals surface area contributed by atoms with Gasteiger partial charge in [-0.05, 0) is 0 Å². The minimum atomic E-state index is -7.66. The minimum Gasteiger partial charge on any atom is -0.205 e. The molecule has 0 amide bonds. The van der Waals surface area contributed by atoms with Gasteiger partial charge in [-0.15, -0.1) is 0 Å². The molecule has 0 aliphatic heterocycles. The Bertz CT molecular complexity index is 286. The van der Waals surface area contributed by atoms with Crippen LogP contribution >= 0.6 is 0 Å². The van der Waals surface area contributed by atoms with Crippen LogP contribution in [-0.2, 0) is 0 Å². The van der Waals surface area contributed by atoms with Crippen molar-refractivity contribution in [2.24, 2.45) is 0 Å². The van der Waals surface area contributed by atoms with E-state index in [0.29, 0.717) is 0 Å². The monoisotopic (exact) mass is 321 g/mol. The second-order valence-electron chi connectivity index (χ2n) is 2.89. The third kappa shape index (κ3) is 3.14. The summed E-state index contributed by atoms with van der Waals surface area (Å²) >= 11 is 0. The van der Waals surface area contributed by atoms with Crippen molar-refractivity contribution in [1.29, 1.82) is 0 Å². The zero-order valence-corrected chi connectivity index (χ0v) is 7.86. The van der Waals surface area contributed by atoms with E-state index in [-0.39, 0.29) is 0 Å².